The van der Waals surface area contributed by atoms with Crippen LogP contribution in [-0.4, -0.2) is 34.3 Å². The molecule has 26 heavy (non-hydrogen) atoms. The molecular formula is C19H21FN6. The zero-order chi connectivity index (χ0) is 18.2. The van der Waals surface area contributed by atoms with Crippen molar-refractivity contribution in [2.24, 2.45) is 4.99 Å². The number of para-hydroxylation sites is 1. The summed E-state index contributed by atoms with van der Waals surface area (Å²) in [4.78, 5) is 4.20. The fourth-order valence-corrected chi connectivity index (χ4v) is 2.58. The Hall–Kier alpha value is -3.22. The monoisotopic (exact) mass is 352 g/mol. The van der Waals surface area contributed by atoms with Gasteiger partial charge in [-0.15, -0.1) is 10.2 Å². The highest BCUT2D eigenvalue weighted by Gasteiger charge is 2.07. The lowest BCUT2D eigenvalue weighted by Crippen LogP contribution is -2.38. The van der Waals surface area contributed by atoms with Gasteiger partial charge >= 0.3 is 0 Å². The lowest BCUT2D eigenvalue weighted by molar-refractivity contribution is 0.625. The van der Waals surface area contributed by atoms with E-state index in [4.69, 9.17) is 0 Å². The van der Waals surface area contributed by atoms with E-state index in [1.54, 1.807) is 25.5 Å². The number of nitrogens with zero attached hydrogens (tertiary/aromatic N) is 4. The van der Waals surface area contributed by atoms with Gasteiger partial charge in [0.15, 0.2) is 11.8 Å². The fourth-order valence-electron chi connectivity index (χ4n) is 2.58. The summed E-state index contributed by atoms with van der Waals surface area (Å²) in [5.41, 5.74) is 1.94. The van der Waals surface area contributed by atoms with Crippen molar-refractivity contribution in [3.8, 4) is 5.69 Å². The summed E-state index contributed by atoms with van der Waals surface area (Å²) in [7, 11) is 1.71. The Labute approximate surface area is 151 Å². The normalized spacial score (nSPS) is 11.4. The number of nitrogens with one attached hydrogen (secondary N) is 2. The van der Waals surface area contributed by atoms with Gasteiger partial charge in [0.2, 0.25) is 0 Å². The molecule has 0 fully saturated rings. The van der Waals surface area contributed by atoms with E-state index < -0.39 is 0 Å². The van der Waals surface area contributed by atoms with Crippen LogP contribution in [0, 0.1) is 5.82 Å². The molecule has 0 bridgehead atoms. The fraction of sp³-hybridized carbons (Fsp3) is 0.211. The smallest absolute Gasteiger partial charge is 0.191 e. The number of hydrogen-bond donors (Lipinski definition) is 2. The van der Waals surface area contributed by atoms with Gasteiger partial charge in [-0.05, 0) is 36.2 Å². The summed E-state index contributed by atoms with van der Waals surface area (Å²) >= 11 is 0. The van der Waals surface area contributed by atoms with Crippen molar-refractivity contribution in [3.63, 3.8) is 0 Å². The zero-order valence-electron chi connectivity index (χ0n) is 14.6. The molecule has 3 aromatic rings. The van der Waals surface area contributed by atoms with Crippen LogP contribution in [0.25, 0.3) is 5.69 Å². The molecule has 134 valence electrons. The highest BCUT2D eigenvalue weighted by Crippen LogP contribution is 2.08. The van der Waals surface area contributed by atoms with E-state index in [1.807, 2.05) is 41.0 Å². The maximum atomic E-state index is 13.2. The van der Waals surface area contributed by atoms with Crippen LogP contribution in [0.1, 0.15) is 11.4 Å². The first-order chi connectivity index (χ1) is 12.8. The highest BCUT2D eigenvalue weighted by molar-refractivity contribution is 5.79. The SMILES string of the molecule is CN=C(NCCc1cccc(F)c1)NCc1nncn1-c1ccccc1. The summed E-state index contributed by atoms with van der Waals surface area (Å²) in [6.07, 6.45) is 2.39. The predicted octanol–water partition coefficient (Wildman–Crippen LogP) is 2.31. The largest absolute Gasteiger partial charge is 0.356 e. The van der Waals surface area contributed by atoms with Crippen LogP contribution in [0.15, 0.2) is 65.9 Å². The van der Waals surface area contributed by atoms with Crippen molar-refractivity contribution >= 4 is 5.96 Å². The molecule has 0 aliphatic carbocycles. The Balaban J connectivity index is 1.53. The molecule has 0 unspecified atom stereocenters. The van der Waals surface area contributed by atoms with E-state index in [0.29, 0.717) is 25.5 Å². The van der Waals surface area contributed by atoms with Gasteiger partial charge in [0.25, 0.3) is 0 Å². The minimum Gasteiger partial charge on any atom is -0.356 e. The summed E-state index contributed by atoms with van der Waals surface area (Å²) in [5.74, 6) is 1.22. The van der Waals surface area contributed by atoms with E-state index in [9.17, 15) is 4.39 Å². The highest BCUT2D eigenvalue weighted by atomic mass is 19.1. The Morgan fingerprint density at radius 1 is 1.12 bits per heavy atom. The predicted molar refractivity (Wildman–Crippen MR) is 99.7 cm³/mol. The number of hydrogen-bond acceptors (Lipinski definition) is 3. The van der Waals surface area contributed by atoms with Crippen molar-refractivity contribution in [1.82, 2.24) is 25.4 Å². The summed E-state index contributed by atoms with van der Waals surface area (Å²) in [6, 6.07) is 16.5. The lowest BCUT2D eigenvalue weighted by atomic mass is 10.1. The van der Waals surface area contributed by atoms with Crippen LogP contribution in [-0.2, 0) is 13.0 Å². The van der Waals surface area contributed by atoms with Gasteiger partial charge in [-0.25, -0.2) is 4.39 Å². The van der Waals surface area contributed by atoms with Crippen molar-refractivity contribution < 1.29 is 4.39 Å². The molecule has 2 N–H and O–H groups in total. The van der Waals surface area contributed by atoms with Gasteiger partial charge < -0.3 is 10.6 Å². The van der Waals surface area contributed by atoms with Gasteiger partial charge in [-0.2, -0.15) is 0 Å². The molecule has 0 spiro atoms. The molecule has 0 saturated carbocycles. The van der Waals surface area contributed by atoms with Gasteiger partial charge in [0, 0.05) is 19.3 Å². The van der Waals surface area contributed by atoms with Crippen LogP contribution in [0.3, 0.4) is 0 Å². The number of rotatable bonds is 6. The molecule has 1 heterocycles. The Bertz CT molecular complexity index is 859. The number of aliphatic imine (C=N–C) groups is 1. The summed E-state index contributed by atoms with van der Waals surface area (Å²) < 4.78 is 15.1. The molecule has 0 aliphatic rings. The number of aromatic nitrogens is 3. The molecule has 0 aliphatic heterocycles. The minimum absolute atomic E-state index is 0.217. The van der Waals surface area contributed by atoms with Crippen LogP contribution in [0.2, 0.25) is 0 Å². The lowest BCUT2D eigenvalue weighted by Gasteiger charge is -2.12. The molecule has 2 aromatic carbocycles. The molecule has 0 saturated heterocycles. The molecular weight excluding hydrogens is 331 g/mol. The second-order valence-corrected chi connectivity index (χ2v) is 5.69. The van der Waals surface area contributed by atoms with Gasteiger partial charge in [-0.3, -0.25) is 9.56 Å². The van der Waals surface area contributed by atoms with E-state index in [2.05, 4.69) is 25.8 Å². The maximum absolute atomic E-state index is 13.2. The zero-order valence-corrected chi connectivity index (χ0v) is 14.6. The average Bonchev–Trinajstić information content (AvgIpc) is 3.14. The van der Waals surface area contributed by atoms with Gasteiger partial charge in [0.1, 0.15) is 12.1 Å². The van der Waals surface area contributed by atoms with Crippen LogP contribution in [0.4, 0.5) is 4.39 Å². The van der Waals surface area contributed by atoms with Gasteiger partial charge in [-0.1, -0.05) is 30.3 Å². The molecule has 6 nitrogen and oxygen atoms in total. The number of halogens is 1. The Morgan fingerprint density at radius 2 is 1.96 bits per heavy atom. The Morgan fingerprint density at radius 3 is 2.73 bits per heavy atom. The molecule has 1 aromatic heterocycles. The first-order valence-electron chi connectivity index (χ1n) is 8.39. The molecule has 0 radical (unpaired) electrons. The van der Waals surface area contributed by atoms with E-state index in [-0.39, 0.29) is 5.82 Å². The summed E-state index contributed by atoms with van der Waals surface area (Å²) in [6.45, 7) is 1.13. The second-order valence-electron chi connectivity index (χ2n) is 5.69. The third kappa shape index (κ3) is 4.66. The first-order valence-corrected chi connectivity index (χ1v) is 8.39. The second kappa shape index (κ2) is 8.75. The third-order valence-electron chi connectivity index (χ3n) is 3.89. The number of guanidine groups is 1. The quantitative estimate of drug-likeness (QED) is 0.528. The molecule has 0 amide bonds. The van der Waals surface area contributed by atoms with Crippen molar-refractivity contribution in [2.75, 3.05) is 13.6 Å². The van der Waals surface area contributed by atoms with Gasteiger partial charge in [0.05, 0.1) is 6.54 Å². The molecule has 7 heteroatoms. The molecule has 0 atom stereocenters. The first kappa shape index (κ1) is 17.6. The van der Waals surface area contributed by atoms with Crippen LogP contribution >= 0.6 is 0 Å². The topological polar surface area (TPSA) is 67.1 Å². The third-order valence-corrected chi connectivity index (χ3v) is 3.89. The van der Waals surface area contributed by atoms with Crippen molar-refractivity contribution in [3.05, 3.63) is 78.1 Å². The van der Waals surface area contributed by atoms with Crippen molar-refractivity contribution in [1.29, 1.82) is 0 Å². The van der Waals surface area contributed by atoms with Crippen LogP contribution < -0.4 is 10.6 Å². The number of benzene rings is 2. The van der Waals surface area contributed by atoms with E-state index >= 15 is 0 Å². The van der Waals surface area contributed by atoms with E-state index in [1.165, 1.54) is 6.07 Å². The standard InChI is InChI=1S/C19H21FN6/c1-21-19(22-11-10-15-6-5-7-16(20)12-15)23-13-18-25-24-14-26(18)17-8-3-2-4-9-17/h2-9,12,14H,10-11,13H2,1H3,(H2,21,22,23). The summed E-state index contributed by atoms with van der Waals surface area (Å²) in [5, 5.41) is 14.6. The Kier molecular flexibility index (Phi) is 5.92. The van der Waals surface area contributed by atoms with E-state index in [0.717, 1.165) is 17.1 Å². The van der Waals surface area contributed by atoms with Crippen molar-refractivity contribution in [2.45, 2.75) is 13.0 Å². The average molecular weight is 352 g/mol. The maximum Gasteiger partial charge on any atom is 0.191 e. The minimum atomic E-state index is -0.217. The van der Waals surface area contributed by atoms with Crippen LogP contribution in [0.5, 0.6) is 0 Å². The molecule has 3 rings (SSSR count).